The lowest BCUT2D eigenvalue weighted by atomic mass is 10.1. The molecule has 4 aromatic rings. The first-order valence-electron chi connectivity index (χ1n) is 10.5. The molecule has 0 radical (unpaired) electrons. The minimum absolute atomic E-state index is 0.184. The van der Waals surface area contributed by atoms with Crippen LogP contribution in [0.2, 0.25) is 0 Å². The van der Waals surface area contributed by atoms with Gasteiger partial charge in [0.25, 0.3) is 0 Å². The van der Waals surface area contributed by atoms with Crippen molar-refractivity contribution in [1.82, 2.24) is 9.97 Å². The number of rotatable bonds is 9. The lowest BCUT2D eigenvalue weighted by molar-refractivity contribution is -0.120. The fraction of sp³-hybridized carbons (Fsp3) is 0.115. The topological polar surface area (TPSA) is 102 Å². The van der Waals surface area contributed by atoms with E-state index in [0.717, 1.165) is 27.5 Å². The highest BCUT2D eigenvalue weighted by molar-refractivity contribution is 5.83. The maximum atomic E-state index is 12.0. The van der Waals surface area contributed by atoms with Gasteiger partial charge in [0.15, 0.2) is 5.82 Å². The number of carbonyl (C=O) groups is 1. The van der Waals surface area contributed by atoms with Crippen molar-refractivity contribution in [2.75, 3.05) is 5.06 Å². The van der Waals surface area contributed by atoms with E-state index in [0.29, 0.717) is 12.3 Å². The van der Waals surface area contributed by atoms with Crippen LogP contribution >= 0.6 is 0 Å². The molecule has 4 rings (SSSR count). The van der Waals surface area contributed by atoms with Gasteiger partial charge in [-0.1, -0.05) is 60.7 Å². The molecule has 0 unspecified atom stereocenters. The van der Waals surface area contributed by atoms with Crippen molar-refractivity contribution >= 4 is 11.7 Å². The summed E-state index contributed by atoms with van der Waals surface area (Å²) < 4.78 is 5.83. The number of benzene rings is 3. The monoisotopic (exact) mass is 440 g/mol. The fourth-order valence-electron chi connectivity index (χ4n) is 3.40. The zero-order valence-electron chi connectivity index (χ0n) is 17.9. The van der Waals surface area contributed by atoms with Gasteiger partial charge in [0.05, 0.1) is 5.69 Å². The van der Waals surface area contributed by atoms with E-state index in [9.17, 15) is 10.0 Å². The number of primary amides is 1. The molecule has 0 aliphatic carbocycles. The van der Waals surface area contributed by atoms with Crippen LogP contribution in [0.1, 0.15) is 11.1 Å². The Morgan fingerprint density at radius 1 is 0.909 bits per heavy atom. The molecule has 7 heteroatoms. The highest BCUT2D eigenvalue weighted by Crippen LogP contribution is 2.24. The number of hydroxylamine groups is 1. The summed E-state index contributed by atoms with van der Waals surface area (Å²) in [5, 5.41) is 11.5. The number of amides is 1. The summed E-state index contributed by atoms with van der Waals surface area (Å²) in [7, 11) is 0. The van der Waals surface area contributed by atoms with E-state index in [1.165, 1.54) is 6.33 Å². The lowest BCUT2D eigenvalue weighted by Crippen LogP contribution is -2.45. The van der Waals surface area contributed by atoms with Gasteiger partial charge in [0, 0.05) is 18.1 Å². The molecule has 0 saturated carbocycles. The van der Waals surface area contributed by atoms with Gasteiger partial charge in [0.2, 0.25) is 5.91 Å². The Morgan fingerprint density at radius 3 is 2.18 bits per heavy atom. The number of hydrogen-bond acceptors (Lipinski definition) is 6. The Balaban J connectivity index is 1.47. The molecule has 7 nitrogen and oxygen atoms in total. The number of anilines is 1. The molecule has 0 saturated heterocycles. The van der Waals surface area contributed by atoms with Crippen molar-refractivity contribution in [3.05, 3.63) is 108 Å². The summed E-state index contributed by atoms with van der Waals surface area (Å²) in [6.45, 7) is 0.479. The molecule has 3 aromatic carbocycles. The van der Waals surface area contributed by atoms with Gasteiger partial charge in [-0.25, -0.2) is 15.0 Å². The van der Waals surface area contributed by atoms with Gasteiger partial charge in [-0.05, 0) is 35.4 Å². The van der Waals surface area contributed by atoms with Crippen LogP contribution < -0.4 is 15.5 Å². The van der Waals surface area contributed by atoms with Crippen LogP contribution in [-0.4, -0.2) is 27.1 Å². The molecule has 33 heavy (non-hydrogen) atoms. The molecule has 0 spiro atoms. The molecular weight excluding hydrogens is 416 g/mol. The zero-order chi connectivity index (χ0) is 23.0. The van der Waals surface area contributed by atoms with Gasteiger partial charge in [-0.15, -0.1) is 0 Å². The Labute approximate surface area is 192 Å². The Bertz CT molecular complexity index is 1190. The van der Waals surface area contributed by atoms with Crippen LogP contribution in [0.3, 0.4) is 0 Å². The maximum absolute atomic E-state index is 12.0. The molecule has 0 aliphatic rings. The van der Waals surface area contributed by atoms with Gasteiger partial charge in [-0.2, -0.15) is 0 Å². The summed E-state index contributed by atoms with van der Waals surface area (Å²) in [4.78, 5) is 20.5. The van der Waals surface area contributed by atoms with E-state index in [1.807, 2.05) is 84.9 Å². The third-order valence-electron chi connectivity index (χ3n) is 5.18. The number of aromatic nitrogens is 2. The van der Waals surface area contributed by atoms with Crippen LogP contribution in [0.25, 0.3) is 11.3 Å². The Kier molecular flexibility index (Phi) is 6.92. The third-order valence-corrected chi connectivity index (χ3v) is 5.18. The van der Waals surface area contributed by atoms with Crippen molar-refractivity contribution in [2.45, 2.75) is 19.1 Å². The average molecular weight is 441 g/mol. The number of hydrogen-bond donors (Lipinski definition) is 2. The lowest BCUT2D eigenvalue weighted by Gasteiger charge is -2.24. The van der Waals surface area contributed by atoms with Crippen molar-refractivity contribution in [1.29, 1.82) is 0 Å². The molecule has 1 heterocycles. The third kappa shape index (κ3) is 5.72. The Hall–Kier alpha value is -4.23. The zero-order valence-corrected chi connectivity index (χ0v) is 17.9. The fourth-order valence-corrected chi connectivity index (χ4v) is 3.40. The first-order valence-corrected chi connectivity index (χ1v) is 10.5. The van der Waals surface area contributed by atoms with Crippen molar-refractivity contribution in [3.63, 3.8) is 0 Å². The SMILES string of the molecule is NC(=O)[C@H](Cc1ccccc1)N(O)c1cc(-c2ccc(OCc3ccccc3)cc2)ncn1. The minimum Gasteiger partial charge on any atom is -0.489 e. The first kappa shape index (κ1) is 22.0. The summed E-state index contributed by atoms with van der Waals surface area (Å²) in [5.74, 6) is 0.267. The molecule has 1 amide bonds. The van der Waals surface area contributed by atoms with Crippen LogP contribution in [0.5, 0.6) is 5.75 Å². The second kappa shape index (κ2) is 10.4. The number of carbonyl (C=O) groups excluding carboxylic acids is 1. The standard InChI is InChI=1S/C26H24N4O3/c27-26(31)24(15-19-7-3-1-4-8-19)30(32)25-16-23(28-18-29-25)21-11-13-22(14-12-21)33-17-20-9-5-2-6-10-20/h1-14,16,18,24,32H,15,17H2,(H2,27,31)/t24-/m0/s1. The maximum Gasteiger partial charge on any atom is 0.243 e. The predicted octanol–water partition coefficient (Wildman–Crippen LogP) is 4.01. The molecule has 1 aromatic heterocycles. The van der Waals surface area contributed by atoms with E-state index in [1.54, 1.807) is 6.07 Å². The van der Waals surface area contributed by atoms with Gasteiger partial charge in [0.1, 0.15) is 24.7 Å². The van der Waals surface area contributed by atoms with E-state index < -0.39 is 11.9 Å². The van der Waals surface area contributed by atoms with E-state index >= 15 is 0 Å². The predicted molar refractivity (Wildman–Crippen MR) is 126 cm³/mol. The summed E-state index contributed by atoms with van der Waals surface area (Å²) in [6.07, 6.45) is 1.59. The molecule has 0 bridgehead atoms. The van der Waals surface area contributed by atoms with Crippen LogP contribution in [0, 0.1) is 0 Å². The summed E-state index contributed by atoms with van der Waals surface area (Å²) >= 11 is 0. The second-order valence-electron chi connectivity index (χ2n) is 7.51. The van der Waals surface area contributed by atoms with Crippen molar-refractivity contribution in [2.24, 2.45) is 5.73 Å². The quantitative estimate of drug-likeness (QED) is 0.381. The molecular formula is C26H24N4O3. The molecule has 3 N–H and O–H groups in total. The van der Waals surface area contributed by atoms with Gasteiger partial charge < -0.3 is 10.5 Å². The number of nitrogens with two attached hydrogens (primary N) is 1. The van der Waals surface area contributed by atoms with Crippen molar-refractivity contribution in [3.8, 4) is 17.0 Å². The highest BCUT2D eigenvalue weighted by atomic mass is 16.5. The molecule has 166 valence electrons. The summed E-state index contributed by atoms with van der Waals surface area (Å²) in [5.41, 5.74) is 8.94. The minimum atomic E-state index is -0.969. The molecule has 0 aliphatic heterocycles. The van der Waals surface area contributed by atoms with E-state index in [2.05, 4.69) is 9.97 Å². The summed E-state index contributed by atoms with van der Waals surface area (Å²) in [6, 6.07) is 27.4. The molecule has 1 atom stereocenters. The average Bonchev–Trinajstić information content (AvgIpc) is 2.87. The number of ether oxygens (including phenoxy) is 1. The van der Waals surface area contributed by atoms with Gasteiger partial charge >= 0.3 is 0 Å². The smallest absolute Gasteiger partial charge is 0.243 e. The Morgan fingerprint density at radius 2 is 1.55 bits per heavy atom. The van der Waals surface area contributed by atoms with Gasteiger partial charge in [-0.3, -0.25) is 10.0 Å². The number of nitrogens with zero attached hydrogens (tertiary/aromatic N) is 3. The normalized spacial score (nSPS) is 11.5. The van der Waals surface area contributed by atoms with Crippen LogP contribution in [-0.2, 0) is 17.8 Å². The molecule has 0 fully saturated rings. The van der Waals surface area contributed by atoms with E-state index in [4.69, 9.17) is 10.5 Å². The van der Waals surface area contributed by atoms with Crippen LogP contribution in [0.4, 0.5) is 5.82 Å². The van der Waals surface area contributed by atoms with Crippen molar-refractivity contribution < 1.29 is 14.7 Å². The second-order valence-corrected chi connectivity index (χ2v) is 7.51. The highest BCUT2D eigenvalue weighted by Gasteiger charge is 2.25. The largest absolute Gasteiger partial charge is 0.489 e. The van der Waals surface area contributed by atoms with E-state index in [-0.39, 0.29) is 12.2 Å². The first-order chi connectivity index (χ1) is 16.1. The van der Waals surface area contributed by atoms with Crippen LogP contribution in [0.15, 0.2) is 97.3 Å².